The van der Waals surface area contributed by atoms with Gasteiger partial charge in [-0.2, -0.15) is 0 Å². The smallest absolute Gasteiger partial charge is 0.349 e. The molecule has 3 heteroatoms. The van der Waals surface area contributed by atoms with Gasteiger partial charge >= 0.3 is 5.97 Å². The number of rotatable bonds is 5. The molecule has 1 unspecified atom stereocenters. The Kier molecular flexibility index (Phi) is 5.96. The van der Waals surface area contributed by atoms with Gasteiger partial charge in [0.1, 0.15) is 5.03 Å². The van der Waals surface area contributed by atoms with E-state index in [0.717, 1.165) is 12.8 Å². The molecule has 0 aliphatic rings. The summed E-state index contributed by atoms with van der Waals surface area (Å²) in [6.07, 6.45) is 1.99. The van der Waals surface area contributed by atoms with Gasteiger partial charge in [-0.3, -0.25) is 0 Å². The molecule has 0 bridgehead atoms. The molecule has 0 rings (SSSR count). The fourth-order valence-electron chi connectivity index (χ4n) is 1.58. The van der Waals surface area contributed by atoms with E-state index >= 15 is 0 Å². The second-order valence-corrected chi connectivity index (χ2v) is 5.66. The highest BCUT2D eigenvalue weighted by Crippen LogP contribution is 2.25. The third kappa shape index (κ3) is 8.49. The molecule has 2 nitrogen and oxygen atoms in total. The number of carbonyl (C=O) groups excluding carboxylic acids is 1. The molecule has 0 N–H and O–H groups in total. The molecule has 0 aromatic carbocycles. The number of ether oxygens (including phenoxy) is 1. The Labute approximate surface area is 97.6 Å². The topological polar surface area (TPSA) is 26.3 Å². The third-order valence-electron chi connectivity index (χ3n) is 2.03. The van der Waals surface area contributed by atoms with Crippen LogP contribution in [0.5, 0.6) is 0 Å². The van der Waals surface area contributed by atoms with Gasteiger partial charge in [0.15, 0.2) is 0 Å². The highest BCUT2D eigenvalue weighted by Gasteiger charge is 2.15. The Hall–Kier alpha value is -0.500. The quantitative estimate of drug-likeness (QED) is 0.533. The molecule has 0 saturated carbocycles. The van der Waals surface area contributed by atoms with Crippen LogP contribution >= 0.6 is 11.6 Å². The lowest BCUT2D eigenvalue weighted by Gasteiger charge is -2.22. The maximum Gasteiger partial charge on any atom is 0.349 e. The van der Waals surface area contributed by atoms with Crippen LogP contribution in [0.1, 0.15) is 40.5 Å². The molecule has 0 saturated heterocycles. The first-order valence-corrected chi connectivity index (χ1v) is 5.61. The summed E-state index contributed by atoms with van der Waals surface area (Å²) in [5, 5.41) is -0.0570. The molecule has 0 aromatic rings. The molecule has 0 fully saturated rings. The van der Waals surface area contributed by atoms with Crippen LogP contribution in [0.25, 0.3) is 0 Å². The van der Waals surface area contributed by atoms with Gasteiger partial charge in [0.2, 0.25) is 0 Å². The molecule has 1 atom stereocenters. The Morgan fingerprint density at radius 3 is 2.40 bits per heavy atom. The van der Waals surface area contributed by atoms with Gasteiger partial charge in [0.25, 0.3) is 0 Å². The third-order valence-corrected chi connectivity index (χ3v) is 2.18. The zero-order valence-corrected chi connectivity index (χ0v) is 10.9. The molecule has 0 spiro atoms. The number of carbonyl (C=O) groups is 1. The van der Waals surface area contributed by atoms with E-state index in [0.29, 0.717) is 17.9 Å². The second kappa shape index (κ2) is 6.16. The predicted molar refractivity (Wildman–Crippen MR) is 63.8 cm³/mol. The summed E-state index contributed by atoms with van der Waals surface area (Å²) in [6, 6.07) is 0. The molecular weight excluding hydrogens is 212 g/mol. The van der Waals surface area contributed by atoms with Crippen LogP contribution < -0.4 is 0 Å². The summed E-state index contributed by atoms with van der Waals surface area (Å²) in [5.74, 6) is 0.0287. The first-order valence-electron chi connectivity index (χ1n) is 5.24. The van der Waals surface area contributed by atoms with Crippen LogP contribution in [0.15, 0.2) is 11.6 Å². The highest BCUT2D eigenvalue weighted by atomic mass is 35.5. The summed E-state index contributed by atoms with van der Waals surface area (Å²) >= 11 is 5.38. The molecule has 88 valence electrons. The minimum absolute atomic E-state index is 0.0570. The van der Waals surface area contributed by atoms with E-state index in [9.17, 15) is 4.79 Å². The van der Waals surface area contributed by atoms with E-state index in [1.807, 2.05) is 0 Å². The molecule has 0 aliphatic carbocycles. The lowest BCUT2D eigenvalue weighted by atomic mass is 9.84. The van der Waals surface area contributed by atoms with Gasteiger partial charge in [0, 0.05) is 0 Å². The van der Waals surface area contributed by atoms with Gasteiger partial charge < -0.3 is 4.74 Å². The summed E-state index contributed by atoms with van der Waals surface area (Å²) in [7, 11) is 0. The van der Waals surface area contributed by atoms with Crippen LogP contribution in [0.2, 0.25) is 0 Å². The SMILES string of the molecule is C=C(Cl)C(=O)OCCC(C)CC(C)(C)C. The van der Waals surface area contributed by atoms with Crippen molar-refractivity contribution in [1.82, 2.24) is 0 Å². The van der Waals surface area contributed by atoms with Crippen molar-refractivity contribution >= 4 is 17.6 Å². The van der Waals surface area contributed by atoms with Crippen molar-refractivity contribution in [3.05, 3.63) is 11.6 Å². The van der Waals surface area contributed by atoms with Crippen molar-refractivity contribution in [1.29, 1.82) is 0 Å². The normalized spacial score (nSPS) is 13.4. The standard InChI is InChI=1S/C12H21ClO2/c1-9(8-12(3,4)5)6-7-15-11(14)10(2)13/h9H,2,6-8H2,1,3-5H3. The summed E-state index contributed by atoms with van der Waals surface area (Å²) in [4.78, 5) is 11.0. The minimum atomic E-state index is -0.514. The zero-order chi connectivity index (χ0) is 12.1. The molecule has 15 heavy (non-hydrogen) atoms. The lowest BCUT2D eigenvalue weighted by molar-refractivity contribution is -0.138. The predicted octanol–water partition coefficient (Wildman–Crippen LogP) is 3.74. The van der Waals surface area contributed by atoms with Gasteiger partial charge in [-0.05, 0) is 24.2 Å². The van der Waals surface area contributed by atoms with Crippen molar-refractivity contribution < 1.29 is 9.53 Å². The monoisotopic (exact) mass is 232 g/mol. The molecule has 0 aromatic heterocycles. The van der Waals surface area contributed by atoms with Crippen LogP contribution in [0, 0.1) is 11.3 Å². The van der Waals surface area contributed by atoms with Crippen LogP contribution in [0.3, 0.4) is 0 Å². The summed E-state index contributed by atoms with van der Waals surface area (Å²) in [6.45, 7) is 12.5. The number of halogens is 1. The fraction of sp³-hybridized carbons (Fsp3) is 0.750. The number of hydrogen-bond acceptors (Lipinski definition) is 2. The van der Waals surface area contributed by atoms with E-state index in [-0.39, 0.29) is 5.03 Å². The Morgan fingerprint density at radius 1 is 1.47 bits per heavy atom. The minimum Gasteiger partial charge on any atom is -0.461 e. The highest BCUT2D eigenvalue weighted by molar-refractivity contribution is 6.40. The zero-order valence-electron chi connectivity index (χ0n) is 10.1. The average Bonchev–Trinajstić information content (AvgIpc) is 2.00. The molecule has 0 amide bonds. The average molecular weight is 233 g/mol. The second-order valence-electron chi connectivity index (χ2n) is 5.20. The van der Waals surface area contributed by atoms with Crippen molar-refractivity contribution in [3.8, 4) is 0 Å². The van der Waals surface area contributed by atoms with E-state index < -0.39 is 5.97 Å². The first kappa shape index (κ1) is 14.5. The van der Waals surface area contributed by atoms with Crippen molar-refractivity contribution in [2.24, 2.45) is 11.3 Å². The fourth-order valence-corrected chi connectivity index (χ4v) is 1.63. The van der Waals surface area contributed by atoms with Crippen LogP contribution in [0.4, 0.5) is 0 Å². The number of hydrogen-bond donors (Lipinski definition) is 0. The van der Waals surface area contributed by atoms with Crippen molar-refractivity contribution in [2.45, 2.75) is 40.5 Å². The van der Waals surface area contributed by atoms with Gasteiger partial charge in [-0.25, -0.2) is 4.79 Å². The molecule has 0 aliphatic heterocycles. The maximum atomic E-state index is 11.0. The summed E-state index contributed by atoms with van der Waals surface area (Å²) in [5.41, 5.74) is 0.319. The van der Waals surface area contributed by atoms with E-state index in [1.54, 1.807) is 0 Å². The molecular formula is C12H21ClO2. The lowest BCUT2D eigenvalue weighted by Crippen LogP contribution is -2.14. The van der Waals surface area contributed by atoms with Crippen molar-refractivity contribution in [2.75, 3.05) is 6.61 Å². The Balaban J connectivity index is 3.69. The van der Waals surface area contributed by atoms with E-state index in [4.69, 9.17) is 16.3 Å². The van der Waals surface area contributed by atoms with Gasteiger partial charge in [0.05, 0.1) is 6.61 Å². The largest absolute Gasteiger partial charge is 0.461 e. The Morgan fingerprint density at radius 2 is 2.00 bits per heavy atom. The number of esters is 1. The van der Waals surface area contributed by atoms with E-state index in [1.165, 1.54) is 0 Å². The van der Waals surface area contributed by atoms with Crippen LogP contribution in [-0.2, 0) is 9.53 Å². The van der Waals surface area contributed by atoms with Gasteiger partial charge in [-0.1, -0.05) is 45.9 Å². The van der Waals surface area contributed by atoms with Crippen molar-refractivity contribution in [3.63, 3.8) is 0 Å². The van der Waals surface area contributed by atoms with Gasteiger partial charge in [-0.15, -0.1) is 0 Å². The molecule has 0 heterocycles. The summed E-state index contributed by atoms with van der Waals surface area (Å²) < 4.78 is 4.92. The molecule has 0 radical (unpaired) electrons. The Bertz CT molecular complexity index is 228. The van der Waals surface area contributed by atoms with E-state index in [2.05, 4.69) is 34.3 Å². The maximum absolute atomic E-state index is 11.0. The van der Waals surface area contributed by atoms with Crippen LogP contribution in [-0.4, -0.2) is 12.6 Å². The first-order chi connectivity index (χ1) is 6.72.